The molecule has 1 saturated carbocycles. The van der Waals surface area contributed by atoms with E-state index in [9.17, 15) is 9.59 Å². The normalized spacial score (nSPS) is 14.5. The maximum Gasteiger partial charge on any atom is 0.248 e. The van der Waals surface area contributed by atoms with Crippen LogP contribution in [0, 0.1) is 0 Å². The molecule has 1 aliphatic rings. The SMILES string of the molecule is COc1cccc([C@@H](C(=O)NC2CCCCC2)N(C(=O)Cc2cccs2)c2ccc(OC)c(OC)c2)c1. The summed E-state index contributed by atoms with van der Waals surface area (Å²) in [5.74, 6) is 1.23. The molecule has 0 saturated heterocycles. The van der Waals surface area contributed by atoms with Crippen molar-refractivity contribution >= 4 is 28.8 Å². The molecule has 0 unspecified atom stereocenters. The van der Waals surface area contributed by atoms with Crippen LogP contribution in [0.1, 0.15) is 48.6 Å². The Kier molecular flexibility index (Phi) is 9.06. The first-order chi connectivity index (χ1) is 18.0. The van der Waals surface area contributed by atoms with E-state index in [1.54, 1.807) is 44.4 Å². The van der Waals surface area contributed by atoms with E-state index in [1.807, 2.05) is 41.8 Å². The highest BCUT2D eigenvalue weighted by Gasteiger charge is 2.35. The first-order valence-electron chi connectivity index (χ1n) is 12.5. The van der Waals surface area contributed by atoms with Gasteiger partial charge in [-0.15, -0.1) is 11.3 Å². The van der Waals surface area contributed by atoms with Crippen LogP contribution in [0.5, 0.6) is 17.2 Å². The molecule has 1 aliphatic carbocycles. The smallest absolute Gasteiger partial charge is 0.248 e. The lowest BCUT2D eigenvalue weighted by Crippen LogP contribution is -2.47. The molecule has 196 valence electrons. The molecule has 1 atom stereocenters. The first-order valence-corrected chi connectivity index (χ1v) is 13.4. The van der Waals surface area contributed by atoms with E-state index in [-0.39, 0.29) is 24.3 Å². The lowest BCUT2D eigenvalue weighted by Gasteiger charge is -2.34. The summed E-state index contributed by atoms with van der Waals surface area (Å²) in [5.41, 5.74) is 1.22. The van der Waals surface area contributed by atoms with Crippen molar-refractivity contribution in [2.45, 2.75) is 50.6 Å². The number of methoxy groups -OCH3 is 3. The number of amides is 2. The Hall–Kier alpha value is -3.52. The van der Waals surface area contributed by atoms with Crippen molar-refractivity contribution in [1.29, 1.82) is 0 Å². The summed E-state index contributed by atoms with van der Waals surface area (Å²) >= 11 is 1.52. The Labute approximate surface area is 222 Å². The lowest BCUT2D eigenvalue weighted by molar-refractivity contribution is -0.127. The second kappa shape index (κ2) is 12.6. The van der Waals surface area contributed by atoms with E-state index in [0.29, 0.717) is 28.5 Å². The van der Waals surface area contributed by atoms with Crippen LogP contribution in [0.2, 0.25) is 0 Å². The molecule has 2 amide bonds. The minimum Gasteiger partial charge on any atom is -0.497 e. The van der Waals surface area contributed by atoms with Crippen molar-refractivity contribution in [2.75, 3.05) is 26.2 Å². The molecule has 0 spiro atoms. The van der Waals surface area contributed by atoms with Crippen LogP contribution in [0.4, 0.5) is 5.69 Å². The largest absolute Gasteiger partial charge is 0.497 e. The zero-order valence-electron chi connectivity index (χ0n) is 21.6. The van der Waals surface area contributed by atoms with Gasteiger partial charge in [-0.25, -0.2) is 0 Å². The highest BCUT2D eigenvalue weighted by molar-refractivity contribution is 7.10. The summed E-state index contributed by atoms with van der Waals surface area (Å²) in [5, 5.41) is 5.19. The third-order valence-electron chi connectivity index (χ3n) is 6.69. The third kappa shape index (κ3) is 6.43. The number of nitrogens with one attached hydrogen (secondary N) is 1. The number of carbonyl (C=O) groups excluding carboxylic acids is 2. The highest BCUT2D eigenvalue weighted by Crippen LogP contribution is 2.37. The molecule has 1 fully saturated rings. The molecule has 0 aliphatic heterocycles. The van der Waals surface area contributed by atoms with Crippen molar-refractivity contribution in [3.8, 4) is 17.2 Å². The molecule has 1 heterocycles. The van der Waals surface area contributed by atoms with Gasteiger partial charge in [-0.1, -0.05) is 37.5 Å². The minimum absolute atomic E-state index is 0.0917. The third-order valence-corrected chi connectivity index (χ3v) is 7.56. The molecule has 1 N–H and O–H groups in total. The van der Waals surface area contributed by atoms with Gasteiger partial charge < -0.3 is 19.5 Å². The maximum absolute atomic E-state index is 14.0. The van der Waals surface area contributed by atoms with Crippen molar-refractivity contribution in [2.24, 2.45) is 0 Å². The summed E-state index contributed by atoms with van der Waals surface area (Å²) in [4.78, 5) is 30.5. The van der Waals surface area contributed by atoms with Crippen LogP contribution < -0.4 is 24.4 Å². The summed E-state index contributed by atoms with van der Waals surface area (Å²) in [7, 11) is 4.70. The Bertz CT molecular complexity index is 1190. The van der Waals surface area contributed by atoms with E-state index in [0.717, 1.165) is 30.6 Å². The van der Waals surface area contributed by atoms with Crippen LogP contribution >= 0.6 is 11.3 Å². The summed E-state index contributed by atoms with van der Waals surface area (Å²) in [6, 6.07) is 15.7. The number of hydrogen-bond acceptors (Lipinski definition) is 6. The maximum atomic E-state index is 14.0. The second-order valence-corrected chi connectivity index (χ2v) is 10.1. The molecule has 3 aromatic rings. The molecule has 0 radical (unpaired) electrons. The zero-order chi connectivity index (χ0) is 26.2. The van der Waals surface area contributed by atoms with Gasteiger partial charge in [0, 0.05) is 22.7 Å². The van der Waals surface area contributed by atoms with Gasteiger partial charge in [0.05, 0.1) is 27.8 Å². The van der Waals surface area contributed by atoms with Crippen LogP contribution in [0.25, 0.3) is 0 Å². The fraction of sp³-hybridized carbons (Fsp3) is 0.379. The second-order valence-electron chi connectivity index (χ2n) is 9.08. The van der Waals surface area contributed by atoms with Gasteiger partial charge in [0.1, 0.15) is 11.8 Å². The molecule has 7 nitrogen and oxygen atoms in total. The van der Waals surface area contributed by atoms with E-state index in [1.165, 1.54) is 17.8 Å². The fourth-order valence-corrected chi connectivity index (χ4v) is 5.51. The molecular weight excluding hydrogens is 488 g/mol. The minimum atomic E-state index is -0.900. The number of hydrogen-bond donors (Lipinski definition) is 1. The fourth-order valence-electron chi connectivity index (χ4n) is 4.82. The predicted molar refractivity (Wildman–Crippen MR) is 146 cm³/mol. The number of nitrogens with zero attached hydrogens (tertiary/aromatic N) is 1. The zero-order valence-corrected chi connectivity index (χ0v) is 22.4. The van der Waals surface area contributed by atoms with E-state index in [2.05, 4.69) is 5.32 Å². The number of rotatable bonds is 10. The molecular formula is C29H34N2O5S. The van der Waals surface area contributed by atoms with Gasteiger partial charge in [0.2, 0.25) is 11.8 Å². The van der Waals surface area contributed by atoms with Crippen molar-refractivity contribution < 1.29 is 23.8 Å². The van der Waals surface area contributed by atoms with Gasteiger partial charge >= 0.3 is 0 Å². The van der Waals surface area contributed by atoms with Crippen molar-refractivity contribution in [3.05, 3.63) is 70.4 Å². The number of benzene rings is 2. The molecule has 4 rings (SSSR count). The summed E-state index contributed by atoms with van der Waals surface area (Å²) in [6.07, 6.45) is 5.41. The Balaban J connectivity index is 1.81. The summed E-state index contributed by atoms with van der Waals surface area (Å²) < 4.78 is 16.4. The van der Waals surface area contributed by atoms with Crippen LogP contribution in [-0.4, -0.2) is 39.2 Å². The number of thiophene rings is 1. The number of anilines is 1. The predicted octanol–water partition coefficient (Wildman–Crippen LogP) is 5.54. The van der Waals surface area contributed by atoms with Gasteiger partial charge in [0.25, 0.3) is 0 Å². The first kappa shape index (κ1) is 26.5. The van der Waals surface area contributed by atoms with Gasteiger partial charge in [0.15, 0.2) is 11.5 Å². The molecule has 0 bridgehead atoms. The Morgan fingerprint density at radius 1 is 0.946 bits per heavy atom. The van der Waals surface area contributed by atoms with E-state index < -0.39 is 6.04 Å². The topological polar surface area (TPSA) is 77.1 Å². The van der Waals surface area contributed by atoms with Crippen LogP contribution in [-0.2, 0) is 16.0 Å². The van der Waals surface area contributed by atoms with E-state index >= 15 is 0 Å². The van der Waals surface area contributed by atoms with Gasteiger partial charge in [-0.05, 0) is 54.1 Å². The monoisotopic (exact) mass is 522 g/mol. The van der Waals surface area contributed by atoms with Crippen LogP contribution in [0.15, 0.2) is 60.0 Å². The van der Waals surface area contributed by atoms with Crippen molar-refractivity contribution in [1.82, 2.24) is 5.32 Å². The molecule has 1 aromatic heterocycles. The number of carbonyl (C=O) groups is 2. The molecule has 2 aromatic carbocycles. The highest BCUT2D eigenvalue weighted by atomic mass is 32.1. The van der Waals surface area contributed by atoms with Crippen LogP contribution in [0.3, 0.4) is 0 Å². The standard InChI is InChI=1S/C29H34N2O5S/c1-34-23-12-7-9-20(17-23)28(29(33)30-21-10-5-4-6-11-21)31(27(32)19-24-13-8-16-37-24)22-14-15-25(35-2)26(18-22)36-3/h7-9,12-18,21,28H,4-6,10-11,19H2,1-3H3,(H,30,33)/t28-/m0/s1. The summed E-state index contributed by atoms with van der Waals surface area (Å²) in [6.45, 7) is 0. The average Bonchev–Trinajstić information content (AvgIpc) is 3.44. The molecule has 8 heteroatoms. The Morgan fingerprint density at radius 3 is 2.41 bits per heavy atom. The quantitative estimate of drug-likeness (QED) is 0.378. The number of ether oxygens (including phenoxy) is 3. The lowest BCUT2D eigenvalue weighted by atomic mass is 9.94. The van der Waals surface area contributed by atoms with E-state index in [4.69, 9.17) is 14.2 Å². The average molecular weight is 523 g/mol. The van der Waals surface area contributed by atoms with Gasteiger partial charge in [-0.2, -0.15) is 0 Å². The molecule has 37 heavy (non-hydrogen) atoms. The van der Waals surface area contributed by atoms with Gasteiger partial charge in [-0.3, -0.25) is 14.5 Å². The van der Waals surface area contributed by atoms with Crippen molar-refractivity contribution in [3.63, 3.8) is 0 Å². The Morgan fingerprint density at radius 2 is 1.73 bits per heavy atom.